The van der Waals surface area contributed by atoms with E-state index in [1.54, 1.807) is 11.3 Å². The molecule has 5 aromatic heterocycles. The molecule has 0 fully saturated rings. The molecule has 4 nitrogen and oxygen atoms in total. The molecule has 0 aliphatic rings. The van der Waals surface area contributed by atoms with Gasteiger partial charge in [0.15, 0.2) is 5.82 Å². The van der Waals surface area contributed by atoms with E-state index >= 15 is 0 Å². The summed E-state index contributed by atoms with van der Waals surface area (Å²) in [6.07, 6.45) is 3.79. The van der Waals surface area contributed by atoms with E-state index in [1.807, 2.05) is 23.7 Å². The summed E-state index contributed by atoms with van der Waals surface area (Å²) in [4.78, 5) is 15.0. The van der Waals surface area contributed by atoms with E-state index in [0.29, 0.717) is 0 Å². The second kappa shape index (κ2) is 11.0. The van der Waals surface area contributed by atoms with Crippen molar-refractivity contribution in [3.05, 3.63) is 158 Å². The number of benzene rings is 7. The maximum atomic E-state index is 5.34. The van der Waals surface area contributed by atoms with Crippen molar-refractivity contribution < 1.29 is 0 Å². The Morgan fingerprint density at radius 3 is 2.23 bits per heavy atom. The van der Waals surface area contributed by atoms with Crippen molar-refractivity contribution >= 4 is 106 Å². The predicted octanol–water partition coefficient (Wildman–Crippen LogP) is 13.3. The van der Waals surface area contributed by atoms with Gasteiger partial charge in [0.2, 0.25) is 0 Å². The number of rotatable bonds is 3. The van der Waals surface area contributed by atoms with Crippen LogP contribution in [-0.4, -0.2) is 19.5 Å². The first-order valence-electron chi connectivity index (χ1n) is 17.7. The second-order valence-corrected chi connectivity index (χ2v) is 15.7. The van der Waals surface area contributed by atoms with Crippen LogP contribution >= 0.6 is 22.7 Å². The minimum Gasteiger partial charge on any atom is -0.308 e. The average molecular weight is 711 g/mol. The van der Waals surface area contributed by atoms with Crippen LogP contribution in [0.4, 0.5) is 0 Å². The van der Waals surface area contributed by atoms with E-state index in [0.717, 1.165) is 42.9 Å². The van der Waals surface area contributed by atoms with Gasteiger partial charge < -0.3 is 4.57 Å². The summed E-state index contributed by atoms with van der Waals surface area (Å²) in [5, 5.41) is 11.0. The molecule has 0 unspecified atom stereocenters. The first-order chi connectivity index (χ1) is 26.3. The molecule has 246 valence electrons. The van der Waals surface area contributed by atoms with Crippen LogP contribution in [-0.2, 0) is 0 Å². The molecule has 0 aliphatic heterocycles. The van der Waals surface area contributed by atoms with Crippen LogP contribution in [0.2, 0.25) is 0 Å². The first-order valence-corrected chi connectivity index (χ1v) is 19.3. The van der Waals surface area contributed by atoms with Crippen molar-refractivity contribution in [2.75, 3.05) is 0 Å². The van der Waals surface area contributed by atoms with Gasteiger partial charge >= 0.3 is 0 Å². The highest BCUT2D eigenvalue weighted by Crippen LogP contribution is 2.44. The highest BCUT2D eigenvalue weighted by molar-refractivity contribution is 7.26. The summed E-state index contributed by atoms with van der Waals surface area (Å²) in [6, 6.07) is 52.7. The van der Waals surface area contributed by atoms with Crippen LogP contribution in [0, 0.1) is 0 Å². The lowest BCUT2D eigenvalue weighted by molar-refractivity contribution is 1.21. The van der Waals surface area contributed by atoms with E-state index in [9.17, 15) is 0 Å². The molecule has 0 amide bonds. The number of thiophene rings is 2. The quantitative estimate of drug-likeness (QED) is 0.183. The Balaban J connectivity index is 1.10. The average Bonchev–Trinajstić information content (AvgIpc) is 3.90. The molecule has 0 saturated heterocycles. The first kappa shape index (κ1) is 29.1. The molecule has 5 heterocycles. The van der Waals surface area contributed by atoms with Crippen molar-refractivity contribution in [1.29, 1.82) is 0 Å². The molecule has 0 bridgehead atoms. The van der Waals surface area contributed by atoms with Crippen LogP contribution in [0.5, 0.6) is 0 Å². The monoisotopic (exact) mass is 710 g/mol. The van der Waals surface area contributed by atoms with Gasteiger partial charge in [0, 0.05) is 65.2 Å². The SMILES string of the molecule is c1ccc2cc(-c3nc(-c4ccc5c(c4)sc4cccc(-n6c7ccccc7c7ccc8ccccc8c76)c45)nc4c3sc3cnccc34)ccc2c1. The molecule has 0 N–H and O–H groups in total. The molecule has 12 rings (SSSR count). The Morgan fingerprint density at radius 1 is 0.491 bits per heavy atom. The minimum atomic E-state index is 0.727. The molecular weight excluding hydrogens is 685 g/mol. The molecule has 12 aromatic rings. The molecular formula is C47H26N4S2. The van der Waals surface area contributed by atoms with E-state index in [4.69, 9.17) is 9.97 Å². The third-order valence-corrected chi connectivity index (χ3v) is 12.9. The van der Waals surface area contributed by atoms with Crippen molar-refractivity contribution in [3.63, 3.8) is 0 Å². The molecule has 0 aliphatic carbocycles. The van der Waals surface area contributed by atoms with E-state index in [-0.39, 0.29) is 0 Å². The molecule has 0 atom stereocenters. The molecule has 53 heavy (non-hydrogen) atoms. The zero-order chi connectivity index (χ0) is 34.6. The zero-order valence-electron chi connectivity index (χ0n) is 28.1. The van der Waals surface area contributed by atoms with E-state index in [2.05, 4.69) is 155 Å². The van der Waals surface area contributed by atoms with Gasteiger partial charge in [-0.3, -0.25) is 4.98 Å². The Hall–Kier alpha value is -6.47. The van der Waals surface area contributed by atoms with Gasteiger partial charge in [-0.2, -0.15) is 0 Å². The van der Waals surface area contributed by atoms with Gasteiger partial charge in [-0.15, -0.1) is 22.7 Å². The maximum Gasteiger partial charge on any atom is 0.160 e. The molecule has 0 spiro atoms. The van der Waals surface area contributed by atoms with Gasteiger partial charge in [-0.1, -0.05) is 109 Å². The fourth-order valence-electron chi connectivity index (χ4n) is 8.27. The van der Waals surface area contributed by atoms with Crippen molar-refractivity contribution in [3.8, 4) is 28.3 Å². The molecule has 0 radical (unpaired) electrons. The number of hydrogen-bond donors (Lipinski definition) is 0. The zero-order valence-corrected chi connectivity index (χ0v) is 29.7. The van der Waals surface area contributed by atoms with Crippen LogP contribution in [0.25, 0.3) is 112 Å². The minimum absolute atomic E-state index is 0.727. The third-order valence-electron chi connectivity index (χ3n) is 10.7. The summed E-state index contributed by atoms with van der Waals surface area (Å²) in [5.74, 6) is 0.727. The van der Waals surface area contributed by atoms with Gasteiger partial charge in [-0.05, 0) is 52.6 Å². The highest BCUT2D eigenvalue weighted by Gasteiger charge is 2.21. The molecule has 7 aromatic carbocycles. The third kappa shape index (κ3) is 4.25. The highest BCUT2D eigenvalue weighted by atomic mass is 32.1. The Bertz CT molecular complexity index is 3480. The summed E-state index contributed by atoms with van der Waals surface area (Å²) in [7, 11) is 0. The van der Waals surface area contributed by atoms with Crippen molar-refractivity contribution in [2.45, 2.75) is 0 Å². The topological polar surface area (TPSA) is 43.6 Å². The van der Waals surface area contributed by atoms with E-state index < -0.39 is 0 Å². The molecule has 6 heteroatoms. The smallest absolute Gasteiger partial charge is 0.160 e. The standard InChI is InChI=1S/C47H26N4S2/c1-2-10-29-24-30(17-16-27(29)8-1)43-46-44(36-22-23-48-26-41(36)53-46)50-47(49-43)31-19-21-35-40(25-31)52-39-15-7-14-38(42(35)39)51-37-13-6-5-12-33(37)34-20-18-28-9-3-4-11-32(28)45(34)51/h1-26H. The number of aromatic nitrogens is 4. The second-order valence-electron chi connectivity index (χ2n) is 13.6. The van der Waals surface area contributed by atoms with Crippen LogP contribution < -0.4 is 0 Å². The van der Waals surface area contributed by atoms with Crippen LogP contribution in [0.15, 0.2) is 158 Å². The van der Waals surface area contributed by atoms with Gasteiger partial charge in [0.25, 0.3) is 0 Å². The largest absolute Gasteiger partial charge is 0.308 e. The lowest BCUT2D eigenvalue weighted by Crippen LogP contribution is -1.95. The van der Waals surface area contributed by atoms with Crippen molar-refractivity contribution in [2.24, 2.45) is 0 Å². The predicted molar refractivity (Wildman–Crippen MR) is 226 cm³/mol. The fourth-order valence-corrected chi connectivity index (χ4v) is 10.6. The number of hydrogen-bond acceptors (Lipinski definition) is 5. The van der Waals surface area contributed by atoms with Crippen molar-refractivity contribution in [1.82, 2.24) is 19.5 Å². The maximum absolute atomic E-state index is 5.34. The van der Waals surface area contributed by atoms with Crippen LogP contribution in [0.3, 0.4) is 0 Å². The summed E-state index contributed by atoms with van der Waals surface area (Å²) >= 11 is 3.54. The summed E-state index contributed by atoms with van der Waals surface area (Å²) in [6.45, 7) is 0. The Labute approximate surface area is 310 Å². The lowest BCUT2D eigenvalue weighted by atomic mass is 10.0. The van der Waals surface area contributed by atoms with Gasteiger partial charge in [0.1, 0.15) is 0 Å². The molecule has 0 saturated carbocycles. The lowest BCUT2D eigenvalue weighted by Gasteiger charge is -2.12. The van der Waals surface area contributed by atoms with Crippen LogP contribution in [0.1, 0.15) is 0 Å². The van der Waals surface area contributed by atoms with Gasteiger partial charge in [0.05, 0.1) is 37.3 Å². The number of fused-ring (bicyclic) bond motifs is 12. The van der Waals surface area contributed by atoms with E-state index in [1.165, 1.54) is 69.2 Å². The Morgan fingerprint density at radius 2 is 1.28 bits per heavy atom. The normalized spacial score (nSPS) is 12.2. The number of pyridine rings is 1. The summed E-state index contributed by atoms with van der Waals surface area (Å²) < 4.78 is 7.15. The van der Waals surface area contributed by atoms with Gasteiger partial charge in [-0.25, -0.2) is 9.97 Å². The summed E-state index contributed by atoms with van der Waals surface area (Å²) in [5.41, 5.74) is 7.66. The fraction of sp³-hybridized carbons (Fsp3) is 0. The Kier molecular flexibility index (Phi) is 6.06. The number of nitrogens with zero attached hydrogens (tertiary/aromatic N) is 4. The number of para-hydroxylation sites is 1.